The lowest BCUT2D eigenvalue weighted by atomic mass is 10.3. The first kappa shape index (κ1) is 12.0. The van der Waals surface area contributed by atoms with Crippen LogP contribution in [-0.4, -0.2) is 20.1 Å². The topological polar surface area (TPSA) is 58.9 Å². The van der Waals surface area contributed by atoms with E-state index >= 15 is 0 Å². The van der Waals surface area contributed by atoms with Gasteiger partial charge in [-0.15, -0.1) is 0 Å². The van der Waals surface area contributed by atoms with E-state index in [0.717, 1.165) is 22.0 Å². The van der Waals surface area contributed by atoms with Crippen molar-refractivity contribution in [1.82, 2.24) is 15.0 Å². The molecule has 17 heavy (non-hydrogen) atoms. The van der Waals surface area contributed by atoms with Gasteiger partial charge in [-0.2, -0.15) is 0 Å². The van der Waals surface area contributed by atoms with Gasteiger partial charge < -0.3 is 5.11 Å². The van der Waals surface area contributed by atoms with Gasteiger partial charge in [0.2, 0.25) is 0 Å². The van der Waals surface area contributed by atoms with E-state index in [1.807, 2.05) is 26.0 Å². The summed E-state index contributed by atoms with van der Waals surface area (Å²) in [6, 6.07) is 5.57. The van der Waals surface area contributed by atoms with Crippen LogP contribution in [0.4, 0.5) is 0 Å². The number of pyridine rings is 1. The number of aryl methyl sites for hydroxylation is 2. The molecule has 5 heteroatoms. The van der Waals surface area contributed by atoms with E-state index in [4.69, 9.17) is 0 Å². The number of hydrogen-bond donors (Lipinski definition) is 1. The predicted octanol–water partition coefficient (Wildman–Crippen LogP) is 2.13. The van der Waals surface area contributed by atoms with Gasteiger partial charge in [0, 0.05) is 23.1 Å². The molecule has 0 bridgehead atoms. The number of aromatic nitrogens is 3. The molecule has 2 aromatic heterocycles. The molecule has 0 radical (unpaired) electrons. The minimum absolute atomic E-state index is 0.0268. The van der Waals surface area contributed by atoms with Gasteiger partial charge in [0.1, 0.15) is 5.03 Å². The number of aliphatic hydroxyl groups excluding tert-OH is 1. The van der Waals surface area contributed by atoms with E-state index in [9.17, 15) is 5.11 Å². The summed E-state index contributed by atoms with van der Waals surface area (Å²) in [5.74, 6) is 0. The quantitative estimate of drug-likeness (QED) is 0.842. The van der Waals surface area contributed by atoms with Gasteiger partial charge in [-0.25, -0.2) is 15.0 Å². The SMILES string of the molecule is Cc1cc(C)nc(Sc2ncccc2CO)n1. The lowest BCUT2D eigenvalue weighted by Gasteiger charge is -2.05. The fraction of sp³-hybridized carbons (Fsp3) is 0.250. The Labute approximate surface area is 104 Å². The summed E-state index contributed by atoms with van der Waals surface area (Å²) in [7, 11) is 0. The van der Waals surface area contributed by atoms with Crippen LogP contribution in [0.2, 0.25) is 0 Å². The average molecular weight is 247 g/mol. The summed E-state index contributed by atoms with van der Waals surface area (Å²) < 4.78 is 0. The molecule has 1 N–H and O–H groups in total. The zero-order valence-electron chi connectivity index (χ0n) is 9.71. The zero-order valence-corrected chi connectivity index (χ0v) is 10.5. The highest BCUT2D eigenvalue weighted by Gasteiger charge is 2.07. The molecule has 0 saturated carbocycles. The maximum atomic E-state index is 9.21. The largest absolute Gasteiger partial charge is 0.392 e. The van der Waals surface area contributed by atoms with Gasteiger partial charge in [0.05, 0.1) is 6.61 Å². The summed E-state index contributed by atoms with van der Waals surface area (Å²) in [6.45, 7) is 3.84. The Morgan fingerprint density at radius 2 is 1.94 bits per heavy atom. The molecule has 0 saturated heterocycles. The van der Waals surface area contributed by atoms with Crippen molar-refractivity contribution in [3.8, 4) is 0 Å². The minimum Gasteiger partial charge on any atom is -0.392 e. The highest BCUT2D eigenvalue weighted by Crippen LogP contribution is 2.26. The molecule has 0 unspecified atom stereocenters. The molecule has 2 heterocycles. The first-order valence-electron chi connectivity index (χ1n) is 5.24. The van der Waals surface area contributed by atoms with Crippen LogP contribution in [0.15, 0.2) is 34.6 Å². The number of aliphatic hydroxyl groups is 1. The lowest BCUT2D eigenvalue weighted by Crippen LogP contribution is -1.95. The first-order chi connectivity index (χ1) is 8.19. The van der Waals surface area contributed by atoms with Crippen molar-refractivity contribution < 1.29 is 5.11 Å². The fourth-order valence-corrected chi connectivity index (χ4v) is 2.39. The van der Waals surface area contributed by atoms with E-state index < -0.39 is 0 Å². The molecule has 2 rings (SSSR count). The van der Waals surface area contributed by atoms with Crippen LogP contribution in [0.25, 0.3) is 0 Å². The second kappa shape index (κ2) is 5.25. The Morgan fingerprint density at radius 3 is 2.59 bits per heavy atom. The first-order valence-corrected chi connectivity index (χ1v) is 6.05. The number of rotatable bonds is 3. The smallest absolute Gasteiger partial charge is 0.194 e. The van der Waals surface area contributed by atoms with Crippen LogP contribution in [0, 0.1) is 13.8 Å². The van der Waals surface area contributed by atoms with Crippen LogP contribution >= 0.6 is 11.8 Å². The summed E-state index contributed by atoms with van der Waals surface area (Å²) in [4.78, 5) is 12.9. The summed E-state index contributed by atoms with van der Waals surface area (Å²) >= 11 is 1.37. The van der Waals surface area contributed by atoms with Crippen molar-refractivity contribution in [3.63, 3.8) is 0 Å². The molecule has 0 aliphatic heterocycles. The van der Waals surface area contributed by atoms with E-state index in [1.54, 1.807) is 12.3 Å². The van der Waals surface area contributed by atoms with Crippen molar-refractivity contribution in [1.29, 1.82) is 0 Å². The summed E-state index contributed by atoms with van der Waals surface area (Å²) in [6.07, 6.45) is 1.70. The van der Waals surface area contributed by atoms with Gasteiger partial charge in [-0.1, -0.05) is 6.07 Å². The Balaban J connectivity index is 2.31. The molecule has 0 aliphatic rings. The lowest BCUT2D eigenvalue weighted by molar-refractivity contribution is 0.278. The maximum absolute atomic E-state index is 9.21. The van der Waals surface area contributed by atoms with Gasteiger partial charge in [-0.05, 0) is 37.7 Å². The fourth-order valence-electron chi connectivity index (χ4n) is 1.46. The zero-order chi connectivity index (χ0) is 12.3. The maximum Gasteiger partial charge on any atom is 0.194 e. The molecule has 2 aromatic rings. The molecule has 0 amide bonds. The minimum atomic E-state index is -0.0268. The Hall–Kier alpha value is -1.46. The Kier molecular flexibility index (Phi) is 3.71. The second-order valence-corrected chi connectivity index (χ2v) is 4.62. The molecule has 0 aromatic carbocycles. The van der Waals surface area contributed by atoms with Crippen molar-refractivity contribution in [2.45, 2.75) is 30.6 Å². The molecular weight excluding hydrogens is 234 g/mol. The second-order valence-electron chi connectivity index (χ2n) is 3.66. The van der Waals surface area contributed by atoms with Crippen LogP contribution in [0.1, 0.15) is 17.0 Å². The highest BCUT2D eigenvalue weighted by molar-refractivity contribution is 7.99. The average Bonchev–Trinajstić information content (AvgIpc) is 2.28. The summed E-state index contributed by atoms with van der Waals surface area (Å²) in [5, 5.41) is 10.6. The molecule has 88 valence electrons. The van der Waals surface area contributed by atoms with Gasteiger partial charge in [0.25, 0.3) is 0 Å². The standard InChI is InChI=1S/C12H13N3OS/c1-8-6-9(2)15-12(14-8)17-11-10(7-16)4-3-5-13-11/h3-6,16H,7H2,1-2H3. The van der Waals surface area contributed by atoms with Crippen molar-refractivity contribution >= 4 is 11.8 Å². The van der Waals surface area contributed by atoms with Crippen LogP contribution < -0.4 is 0 Å². The van der Waals surface area contributed by atoms with Crippen LogP contribution in [0.5, 0.6) is 0 Å². The Bertz CT molecular complexity index is 511. The van der Waals surface area contributed by atoms with E-state index in [2.05, 4.69) is 15.0 Å². The molecule has 0 spiro atoms. The van der Waals surface area contributed by atoms with Gasteiger partial charge in [0.15, 0.2) is 5.16 Å². The van der Waals surface area contributed by atoms with Gasteiger partial charge in [-0.3, -0.25) is 0 Å². The van der Waals surface area contributed by atoms with E-state index in [0.29, 0.717) is 5.16 Å². The highest BCUT2D eigenvalue weighted by atomic mass is 32.2. The molecule has 4 nitrogen and oxygen atoms in total. The van der Waals surface area contributed by atoms with Crippen LogP contribution in [0.3, 0.4) is 0 Å². The van der Waals surface area contributed by atoms with Gasteiger partial charge >= 0.3 is 0 Å². The Morgan fingerprint density at radius 1 is 1.24 bits per heavy atom. The predicted molar refractivity (Wildman–Crippen MR) is 65.8 cm³/mol. The third-order valence-corrected chi connectivity index (χ3v) is 3.10. The van der Waals surface area contributed by atoms with Crippen molar-refractivity contribution in [2.75, 3.05) is 0 Å². The number of hydrogen-bond acceptors (Lipinski definition) is 5. The van der Waals surface area contributed by atoms with E-state index in [1.165, 1.54) is 11.8 Å². The number of nitrogens with zero attached hydrogens (tertiary/aromatic N) is 3. The molecule has 0 aliphatic carbocycles. The van der Waals surface area contributed by atoms with Crippen LogP contribution in [-0.2, 0) is 6.61 Å². The van der Waals surface area contributed by atoms with E-state index in [-0.39, 0.29) is 6.61 Å². The normalized spacial score (nSPS) is 10.5. The molecular formula is C12H13N3OS. The molecule has 0 fully saturated rings. The van der Waals surface area contributed by atoms with Crippen molar-refractivity contribution in [3.05, 3.63) is 41.3 Å². The third kappa shape index (κ3) is 3.01. The third-order valence-electron chi connectivity index (χ3n) is 2.17. The summed E-state index contributed by atoms with van der Waals surface area (Å²) in [5.41, 5.74) is 2.66. The van der Waals surface area contributed by atoms with Crippen molar-refractivity contribution in [2.24, 2.45) is 0 Å². The molecule has 0 atom stereocenters. The monoisotopic (exact) mass is 247 g/mol.